The molecule has 30 heavy (non-hydrogen) atoms. The summed E-state index contributed by atoms with van der Waals surface area (Å²) < 4.78 is 0. The van der Waals surface area contributed by atoms with E-state index in [1.165, 1.54) is 25.7 Å². The van der Waals surface area contributed by atoms with E-state index in [4.69, 9.17) is 0 Å². The van der Waals surface area contributed by atoms with Crippen molar-refractivity contribution < 1.29 is 4.79 Å². The van der Waals surface area contributed by atoms with Gasteiger partial charge < -0.3 is 14.7 Å². The van der Waals surface area contributed by atoms with Gasteiger partial charge >= 0.3 is 0 Å². The van der Waals surface area contributed by atoms with Gasteiger partial charge in [0.25, 0.3) is 5.91 Å². The highest BCUT2D eigenvalue weighted by Crippen LogP contribution is 2.22. The van der Waals surface area contributed by atoms with Crippen molar-refractivity contribution in [3.05, 3.63) is 53.7 Å². The van der Waals surface area contributed by atoms with Gasteiger partial charge in [0.2, 0.25) is 0 Å². The molecule has 0 atom stereocenters. The van der Waals surface area contributed by atoms with Gasteiger partial charge in [0, 0.05) is 45.5 Å². The van der Waals surface area contributed by atoms with Crippen LogP contribution in [-0.4, -0.2) is 55.1 Å². The highest BCUT2D eigenvalue weighted by molar-refractivity contribution is 5.94. The molecule has 0 saturated carbocycles. The normalized spacial score (nSPS) is 17.8. The molecular weight excluding hydrogens is 374 g/mol. The van der Waals surface area contributed by atoms with Crippen LogP contribution in [0.5, 0.6) is 0 Å². The third kappa shape index (κ3) is 4.56. The molecule has 4 rings (SSSR count). The molecule has 0 spiro atoms. The van der Waals surface area contributed by atoms with Crippen molar-refractivity contribution in [3.8, 4) is 6.07 Å². The third-order valence-electron chi connectivity index (χ3n) is 6.07. The fraction of sp³-hybridized carbons (Fsp3) is 0.458. The first-order valence-corrected chi connectivity index (χ1v) is 11.0. The van der Waals surface area contributed by atoms with Crippen LogP contribution in [-0.2, 0) is 0 Å². The molecule has 6 heteroatoms. The molecule has 1 amide bonds. The monoisotopic (exact) mass is 403 g/mol. The summed E-state index contributed by atoms with van der Waals surface area (Å²) in [6, 6.07) is 13.9. The second kappa shape index (κ2) is 9.62. The van der Waals surface area contributed by atoms with Crippen LogP contribution in [0.25, 0.3) is 0 Å². The van der Waals surface area contributed by atoms with Crippen LogP contribution < -0.4 is 9.80 Å². The number of nitrogens with zero attached hydrogens (tertiary/aromatic N) is 5. The van der Waals surface area contributed by atoms with Crippen molar-refractivity contribution in [3.63, 3.8) is 0 Å². The number of para-hydroxylation sites is 1. The average Bonchev–Trinajstić information content (AvgIpc) is 3.22. The van der Waals surface area contributed by atoms with E-state index in [-0.39, 0.29) is 5.91 Å². The van der Waals surface area contributed by atoms with E-state index in [1.54, 1.807) is 6.20 Å². The number of carbonyl (C=O) groups is 1. The molecule has 2 aliphatic rings. The van der Waals surface area contributed by atoms with Crippen LogP contribution in [0.1, 0.15) is 48.0 Å². The summed E-state index contributed by atoms with van der Waals surface area (Å²) >= 11 is 0. The lowest BCUT2D eigenvalue weighted by molar-refractivity contribution is 0.0766. The maximum Gasteiger partial charge on any atom is 0.255 e. The molecule has 3 heterocycles. The number of pyridine rings is 1. The SMILES string of the molecule is N#Cc1ccccc1N1CCCN(C(=O)c2ccc(N3CCCCCC3)nc2)CC1. The Labute approximate surface area is 178 Å². The molecular formula is C24H29N5O. The average molecular weight is 404 g/mol. The number of aromatic nitrogens is 1. The van der Waals surface area contributed by atoms with Gasteiger partial charge in [0.1, 0.15) is 11.9 Å². The van der Waals surface area contributed by atoms with Gasteiger partial charge in [-0.25, -0.2) is 4.98 Å². The minimum Gasteiger partial charge on any atom is -0.369 e. The summed E-state index contributed by atoms with van der Waals surface area (Å²) in [7, 11) is 0. The van der Waals surface area contributed by atoms with E-state index in [9.17, 15) is 10.1 Å². The molecule has 6 nitrogen and oxygen atoms in total. The zero-order valence-electron chi connectivity index (χ0n) is 17.5. The van der Waals surface area contributed by atoms with Gasteiger partial charge in [0.05, 0.1) is 16.8 Å². The van der Waals surface area contributed by atoms with Gasteiger partial charge in [-0.1, -0.05) is 25.0 Å². The first-order chi connectivity index (χ1) is 14.8. The zero-order chi connectivity index (χ0) is 20.8. The highest BCUT2D eigenvalue weighted by atomic mass is 16.2. The molecule has 2 aromatic rings. The van der Waals surface area contributed by atoms with Gasteiger partial charge in [0.15, 0.2) is 0 Å². The van der Waals surface area contributed by atoms with Crippen LogP contribution >= 0.6 is 0 Å². The van der Waals surface area contributed by atoms with Crippen molar-refractivity contribution in [2.75, 3.05) is 49.1 Å². The Hall–Kier alpha value is -3.07. The first kappa shape index (κ1) is 20.2. The Kier molecular flexibility index (Phi) is 6.48. The standard InChI is InChI=1S/C24H29N5O/c25-18-20-8-3-4-9-22(20)27-14-7-15-29(17-16-27)24(30)21-10-11-23(26-19-21)28-12-5-1-2-6-13-28/h3-4,8-11,19H,1-2,5-7,12-17H2. The second-order valence-corrected chi connectivity index (χ2v) is 8.07. The fourth-order valence-corrected chi connectivity index (χ4v) is 4.39. The van der Waals surface area contributed by atoms with Crippen molar-refractivity contribution in [2.45, 2.75) is 32.1 Å². The van der Waals surface area contributed by atoms with Crippen molar-refractivity contribution in [1.29, 1.82) is 5.26 Å². The van der Waals surface area contributed by atoms with E-state index in [1.807, 2.05) is 41.3 Å². The second-order valence-electron chi connectivity index (χ2n) is 8.07. The first-order valence-electron chi connectivity index (χ1n) is 11.0. The lowest BCUT2D eigenvalue weighted by Gasteiger charge is -2.25. The van der Waals surface area contributed by atoms with Crippen LogP contribution in [0.4, 0.5) is 11.5 Å². The van der Waals surface area contributed by atoms with E-state index >= 15 is 0 Å². The van der Waals surface area contributed by atoms with Crippen molar-refractivity contribution in [1.82, 2.24) is 9.88 Å². The smallest absolute Gasteiger partial charge is 0.255 e. The fourth-order valence-electron chi connectivity index (χ4n) is 4.39. The quantitative estimate of drug-likeness (QED) is 0.782. The predicted molar refractivity (Wildman–Crippen MR) is 119 cm³/mol. The number of nitriles is 1. The number of benzene rings is 1. The molecule has 0 radical (unpaired) electrons. The number of hydrogen-bond acceptors (Lipinski definition) is 5. The van der Waals surface area contributed by atoms with E-state index in [0.29, 0.717) is 17.7 Å². The maximum atomic E-state index is 13.1. The van der Waals surface area contributed by atoms with E-state index < -0.39 is 0 Å². The minimum atomic E-state index is 0.0420. The van der Waals surface area contributed by atoms with E-state index in [2.05, 4.69) is 20.9 Å². The molecule has 2 fully saturated rings. The van der Waals surface area contributed by atoms with Crippen LogP contribution in [0, 0.1) is 11.3 Å². The summed E-state index contributed by atoms with van der Waals surface area (Å²) in [6.45, 7) is 5.03. The van der Waals surface area contributed by atoms with Gasteiger partial charge in [-0.15, -0.1) is 0 Å². The largest absolute Gasteiger partial charge is 0.369 e. The third-order valence-corrected chi connectivity index (χ3v) is 6.07. The molecule has 2 aliphatic heterocycles. The van der Waals surface area contributed by atoms with Crippen LogP contribution in [0.15, 0.2) is 42.6 Å². The molecule has 156 valence electrons. The highest BCUT2D eigenvalue weighted by Gasteiger charge is 2.22. The Bertz CT molecular complexity index is 897. The number of rotatable bonds is 3. The van der Waals surface area contributed by atoms with Crippen LogP contribution in [0.3, 0.4) is 0 Å². The summed E-state index contributed by atoms with van der Waals surface area (Å²) in [5.41, 5.74) is 2.29. The Morgan fingerprint density at radius 3 is 2.33 bits per heavy atom. The van der Waals surface area contributed by atoms with Crippen molar-refractivity contribution in [2.24, 2.45) is 0 Å². The van der Waals surface area contributed by atoms with Crippen LogP contribution in [0.2, 0.25) is 0 Å². The lowest BCUT2D eigenvalue weighted by Crippen LogP contribution is -2.35. The predicted octanol–water partition coefficient (Wildman–Crippen LogP) is 3.69. The van der Waals surface area contributed by atoms with Gasteiger partial charge in [-0.05, 0) is 43.5 Å². The maximum absolute atomic E-state index is 13.1. The number of carbonyl (C=O) groups excluding carboxylic acids is 1. The Morgan fingerprint density at radius 1 is 0.833 bits per heavy atom. The Balaban J connectivity index is 1.41. The lowest BCUT2D eigenvalue weighted by atomic mass is 10.1. The minimum absolute atomic E-state index is 0.0420. The Morgan fingerprint density at radius 2 is 1.60 bits per heavy atom. The summed E-state index contributed by atoms with van der Waals surface area (Å²) in [4.78, 5) is 24.1. The topological polar surface area (TPSA) is 63.5 Å². The number of hydrogen-bond donors (Lipinski definition) is 0. The molecule has 1 aromatic heterocycles. The molecule has 0 unspecified atom stereocenters. The molecule has 0 bridgehead atoms. The molecule has 2 saturated heterocycles. The number of anilines is 2. The van der Waals surface area contributed by atoms with E-state index in [0.717, 1.165) is 50.6 Å². The molecule has 0 N–H and O–H groups in total. The summed E-state index contributed by atoms with van der Waals surface area (Å²) in [6.07, 6.45) is 7.61. The molecule has 1 aromatic carbocycles. The summed E-state index contributed by atoms with van der Waals surface area (Å²) in [5, 5.41) is 9.39. The summed E-state index contributed by atoms with van der Waals surface area (Å²) in [5.74, 6) is 1.02. The number of amides is 1. The zero-order valence-corrected chi connectivity index (χ0v) is 17.5. The molecule has 0 aliphatic carbocycles. The van der Waals surface area contributed by atoms with Gasteiger partial charge in [-0.2, -0.15) is 5.26 Å². The van der Waals surface area contributed by atoms with Crippen molar-refractivity contribution >= 4 is 17.4 Å². The van der Waals surface area contributed by atoms with Gasteiger partial charge in [-0.3, -0.25) is 4.79 Å².